The van der Waals surface area contributed by atoms with E-state index in [2.05, 4.69) is 36.7 Å². The normalized spacial score (nSPS) is 14.0. The number of alkyl halides is 1. The Morgan fingerprint density at radius 3 is 2.27 bits per heavy atom. The van der Waals surface area contributed by atoms with E-state index in [0.717, 1.165) is 12.0 Å². The van der Waals surface area contributed by atoms with Crippen molar-refractivity contribution in [2.75, 3.05) is 0 Å². The average molecular weight is 277 g/mol. The van der Waals surface area contributed by atoms with Crippen LogP contribution in [0, 0.1) is 17.0 Å². The number of hydrogen-bond donors (Lipinski definition) is 0. The second-order valence-electron chi connectivity index (χ2n) is 4.91. The first-order valence-corrected chi connectivity index (χ1v) is 5.80. The van der Waals surface area contributed by atoms with E-state index in [9.17, 15) is 8.78 Å². The van der Waals surface area contributed by atoms with Gasteiger partial charge >= 0.3 is 0 Å². The predicted octanol–water partition coefficient (Wildman–Crippen LogP) is 4.84. The Bertz CT molecular complexity index is 342. The summed E-state index contributed by atoms with van der Waals surface area (Å²) in [6.45, 7) is 6.34. The van der Waals surface area contributed by atoms with Crippen LogP contribution < -0.4 is 0 Å². The first-order valence-electron chi connectivity index (χ1n) is 4.88. The molecule has 1 rings (SSSR count). The molecule has 1 aromatic rings. The highest BCUT2D eigenvalue weighted by atomic mass is 79.9. The van der Waals surface area contributed by atoms with Crippen LogP contribution in [0.1, 0.15) is 37.6 Å². The van der Waals surface area contributed by atoms with Crippen LogP contribution in [-0.2, 0) is 0 Å². The highest BCUT2D eigenvalue weighted by Crippen LogP contribution is 2.35. The Kier molecular flexibility index (Phi) is 3.87. The van der Waals surface area contributed by atoms with E-state index in [-0.39, 0.29) is 10.2 Å². The number of halogens is 3. The van der Waals surface area contributed by atoms with Gasteiger partial charge in [-0.3, -0.25) is 0 Å². The van der Waals surface area contributed by atoms with E-state index >= 15 is 0 Å². The van der Waals surface area contributed by atoms with Crippen LogP contribution in [0.15, 0.2) is 18.2 Å². The van der Waals surface area contributed by atoms with Gasteiger partial charge in [-0.2, -0.15) is 0 Å². The Hall–Kier alpha value is -0.440. The standard InChI is InChI=1S/C12H15BrF2/c1-12(2,3)7-9(13)8-4-5-10(14)11(15)6-8/h4-6,9H,7H2,1-3H3. The first kappa shape index (κ1) is 12.6. The lowest BCUT2D eigenvalue weighted by Gasteiger charge is -2.22. The molecule has 0 amide bonds. The van der Waals surface area contributed by atoms with Crippen molar-refractivity contribution in [2.24, 2.45) is 5.41 Å². The topological polar surface area (TPSA) is 0 Å². The van der Waals surface area contributed by atoms with Crippen LogP contribution in [-0.4, -0.2) is 0 Å². The molecule has 0 aliphatic carbocycles. The van der Waals surface area contributed by atoms with Gasteiger partial charge in [-0.15, -0.1) is 0 Å². The van der Waals surface area contributed by atoms with Gasteiger partial charge in [0.05, 0.1) is 0 Å². The average Bonchev–Trinajstić information content (AvgIpc) is 2.06. The van der Waals surface area contributed by atoms with Crippen LogP contribution in [0.25, 0.3) is 0 Å². The van der Waals surface area contributed by atoms with Crippen molar-refractivity contribution in [1.82, 2.24) is 0 Å². The van der Waals surface area contributed by atoms with Crippen molar-refractivity contribution >= 4 is 15.9 Å². The van der Waals surface area contributed by atoms with Crippen molar-refractivity contribution in [3.8, 4) is 0 Å². The van der Waals surface area contributed by atoms with Crippen LogP contribution in [0.3, 0.4) is 0 Å². The van der Waals surface area contributed by atoms with E-state index in [1.165, 1.54) is 12.1 Å². The molecule has 1 unspecified atom stereocenters. The summed E-state index contributed by atoms with van der Waals surface area (Å²) in [5, 5.41) is 0. The molecule has 3 heteroatoms. The van der Waals surface area contributed by atoms with E-state index in [4.69, 9.17) is 0 Å². The Balaban J connectivity index is 2.83. The lowest BCUT2D eigenvalue weighted by atomic mass is 9.88. The molecule has 0 aliphatic heterocycles. The smallest absolute Gasteiger partial charge is 0.159 e. The van der Waals surface area contributed by atoms with Crippen molar-refractivity contribution in [2.45, 2.75) is 32.0 Å². The fraction of sp³-hybridized carbons (Fsp3) is 0.500. The monoisotopic (exact) mass is 276 g/mol. The summed E-state index contributed by atoms with van der Waals surface area (Å²) in [4.78, 5) is 0.0626. The van der Waals surface area contributed by atoms with Gasteiger partial charge in [0.15, 0.2) is 11.6 Å². The molecule has 0 radical (unpaired) electrons. The molecule has 84 valence electrons. The maximum absolute atomic E-state index is 13.0. The zero-order valence-corrected chi connectivity index (χ0v) is 10.7. The lowest BCUT2D eigenvalue weighted by molar-refractivity contribution is 0.376. The minimum absolute atomic E-state index is 0.0626. The molecule has 1 aromatic carbocycles. The largest absolute Gasteiger partial charge is 0.204 e. The highest BCUT2D eigenvalue weighted by Gasteiger charge is 2.18. The first-order chi connectivity index (χ1) is 6.79. The Morgan fingerprint density at radius 1 is 1.20 bits per heavy atom. The van der Waals surface area contributed by atoms with Crippen molar-refractivity contribution in [1.29, 1.82) is 0 Å². The van der Waals surface area contributed by atoms with Crippen molar-refractivity contribution in [3.63, 3.8) is 0 Å². The zero-order valence-electron chi connectivity index (χ0n) is 9.15. The van der Waals surface area contributed by atoms with Gasteiger partial charge in [-0.1, -0.05) is 42.8 Å². The van der Waals surface area contributed by atoms with Crippen molar-refractivity contribution < 1.29 is 8.78 Å². The maximum Gasteiger partial charge on any atom is 0.159 e. The number of hydrogen-bond acceptors (Lipinski definition) is 0. The second-order valence-corrected chi connectivity index (χ2v) is 6.01. The molecule has 0 nitrogen and oxygen atoms in total. The molecule has 15 heavy (non-hydrogen) atoms. The third kappa shape index (κ3) is 3.90. The minimum atomic E-state index is -0.797. The second kappa shape index (κ2) is 4.60. The maximum atomic E-state index is 13.0. The molecular formula is C12H15BrF2. The van der Waals surface area contributed by atoms with E-state index < -0.39 is 11.6 Å². The SMILES string of the molecule is CC(C)(C)CC(Br)c1ccc(F)c(F)c1. The Labute approximate surface area is 97.8 Å². The molecule has 1 atom stereocenters. The molecule has 0 N–H and O–H groups in total. The summed E-state index contributed by atoms with van der Waals surface area (Å²) < 4.78 is 25.7. The summed E-state index contributed by atoms with van der Waals surface area (Å²) in [7, 11) is 0. The van der Waals surface area contributed by atoms with Crippen LogP contribution in [0.4, 0.5) is 8.78 Å². The van der Waals surface area contributed by atoms with Gasteiger partial charge in [-0.25, -0.2) is 8.78 Å². The lowest BCUT2D eigenvalue weighted by Crippen LogP contribution is -2.08. The number of benzene rings is 1. The van der Waals surface area contributed by atoms with E-state index in [0.29, 0.717) is 0 Å². The summed E-state index contributed by atoms with van der Waals surface area (Å²) >= 11 is 3.49. The molecule has 0 saturated carbocycles. The van der Waals surface area contributed by atoms with Crippen LogP contribution in [0.5, 0.6) is 0 Å². The summed E-state index contributed by atoms with van der Waals surface area (Å²) in [6, 6.07) is 4.03. The highest BCUT2D eigenvalue weighted by molar-refractivity contribution is 9.09. The third-order valence-electron chi connectivity index (χ3n) is 2.10. The molecule has 0 aromatic heterocycles. The quantitative estimate of drug-likeness (QED) is 0.679. The summed E-state index contributed by atoms with van der Waals surface area (Å²) in [6.07, 6.45) is 0.873. The van der Waals surface area contributed by atoms with E-state index in [1.807, 2.05) is 0 Å². The van der Waals surface area contributed by atoms with Gasteiger partial charge in [0.1, 0.15) is 0 Å². The third-order valence-corrected chi connectivity index (χ3v) is 2.95. The van der Waals surface area contributed by atoms with Gasteiger partial charge in [0, 0.05) is 4.83 Å². The molecule has 0 saturated heterocycles. The van der Waals surface area contributed by atoms with Gasteiger partial charge < -0.3 is 0 Å². The van der Waals surface area contributed by atoms with Gasteiger partial charge in [-0.05, 0) is 29.5 Å². The molecular weight excluding hydrogens is 262 g/mol. The fourth-order valence-electron chi connectivity index (χ4n) is 1.36. The zero-order chi connectivity index (χ0) is 11.6. The number of rotatable bonds is 2. The predicted molar refractivity (Wildman–Crippen MR) is 62.1 cm³/mol. The van der Waals surface area contributed by atoms with Gasteiger partial charge in [0.25, 0.3) is 0 Å². The summed E-state index contributed by atoms with van der Waals surface area (Å²) in [5.74, 6) is -1.58. The van der Waals surface area contributed by atoms with Gasteiger partial charge in [0.2, 0.25) is 0 Å². The fourth-order valence-corrected chi connectivity index (χ4v) is 2.62. The van der Waals surface area contributed by atoms with Crippen molar-refractivity contribution in [3.05, 3.63) is 35.4 Å². The van der Waals surface area contributed by atoms with Crippen LogP contribution in [0.2, 0.25) is 0 Å². The molecule has 0 aliphatic rings. The molecule has 0 spiro atoms. The Morgan fingerprint density at radius 2 is 1.80 bits per heavy atom. The van der Waals surface area contributed by atoms with Crippen LogP contribution >= 0.6 is 15.9 Å². The minimum Gasteiger partial charge on any atom is -0.204 e. The molecule has 0 fully saturated rings. The molecule has 0 bridgehead atoms. The summed E-state index contributed by atoms with van der Waals surface area (Å²) in [5.41, 5.74) is 0.933. The molecule has 0 heterocycles. The van der Waals surface area contributed by atoms with E-state index in [1.54, 1.807) is 6.07 Å².